The molecule has 0 bridgehead atoms. The number of thiophene rings is 1. The summed E-state index contributed by atoms with van der Waals surface area (Å²) >= 11 is 1.70. The average Bonchev–Trinajstić information content (AvgIpc) is 3.10. The molecule has 6 heteroatoms. The summed E-state index contributed by atoms with van der Waals surface area (Å²) in [7, 11) is 0. The lowest BCUT2D eigenvalue weighted by molar-refractivity contribution is 0.0657. The van der Waals surface area contributed by atoms with Gasteiger partial charge in [0.25, 0.3) is 0 Å². The van der Waals surface area contributed by atoms with Crippen LogP contribution in [-0.4, -0.2) is 18.6 Å². The third kappa shape index (κ3) is 8.69. The molecule has 4 nitrogen and oxygen atoms in total. The molecule has 0 aliphatic heterocycles. The van der Waals surface area contributed by atoms with Gasteiger partial charge in [0, 0.05) is 13.1 Å². The quantitative estimate of drug-likeness (QED) is 0.336. The summed E-state index contributed by atoms with van der Waals surface area (Å²) in [5.41, 5.74) is 3.67. The van der Waals surface area contributed by atoms with E-state index in [1.807, 2.05) is 0 Å². The van der Waals surface area contributed by atoms with Crippen LogP contribution in [-0.2, 0) is 24.4 Å². The first-order valence-electron chi connectivity index (χ1n) is 8.40. The van der Waals surface area contributed by atoms with E-state index in [0.29, 0.717) is 13.2 Å². The first-order valence-corrected chi connectivity index (χ1v) is 9.34. The van der Waals surface area contributed by atoms with E-state index in [4.69, 9.17) is 4.74 Å². The Hall–Kier alpha value is -1.12. The van der Waals surface area contributed by atoms with E-state index in [2.05, 4.69) is 77.5 Å². The van der Waals surface area contributed by atoms with Gasteiger partial charge in [0.1, 0.15) is 0 Å². The third-order valence-corrected chi connectivity index (χ3v) is 4.14. The second kappa shape index (κ2) is 12.3. The summed E-state index contributed by atoms with van der Waals surface area (Å²) in [6.07, 6.45) is 0.258. The monoisotopic (exact) mass is 473 g/mol. The van der Waals surface area contributed by atoms with Crippen LogP contribution in [0.15, 0.2) is 46.1 Å². The molecule has 0 aliphatic rings. The fraction of sp³-hybridized carbons (Fsp3) is 0.421. The van der Waals surface area contributed by atoms with E-state index in [-0.39, 0.29) is 30.1 Å². The van der Waals surface area contributed by atoms with Gasteiger partial charge in [0.15, 0.2) is 5.96 Å². The van der Waals surface area contributed by atoms with Crippen molar-refractivity contribution in [1.29, 1.82) is 0 Å². The maximum atomic E-state index is 5.62. The summed E-state index contributed by atoms with van der Waals surface area (Å²) in [6.45, 7) is 9.14. The van der Waals surface area contributed by atoms with Crippen molar-refractivity contribution in [1.82, 2.24) is 10.6 Å². The van der Waals surface area contributed by atoms with E-state index in [1.165, 1.54) is 16.7 Å². The van der Waals surface area contributed by atoms with Crippen LogP contribution in [0.1, 0.15) is 37.5 Å². The maximum Gasteiger partial charge on any atom is 0.191 e. The second-order valence-corrected chi connectivity index (χ2v) is 6.64. The number of aliphatic imine (C=N–C) groups is 1. The van der Waals surface area contributed by atoms with Gasteiger partial charge in [-0.2, -0.15) is 11.3 Å². The highest BCUT2D eigenvalue weighted by atomic mass is 127. The maximum absolute atomic E-state index is 5.62. The molecule has 2 aromatic rings. The number of benzene rings is 1. The molecule has 0 aliphatic carbocycles. The number of ether oxygens (including phenoxy) is 1. The molecule has 138 valence electrons. The van der Waals surface area contributed by atoms with Gasteiger partial charge in [-0.15, -0.1) is 24.0 Å². The Morgan fingerprint density at radius 3 is 2.40 bits per heavy atom. The van der Waals surface area contributed by atoms with Crippen LogP contribution in [0, 0.1) is 0 Å². The molecule has 0 spiro atoms. The zero-order valence-corrected chi connectivity index (χ0v) is 18.3. The Morgan fingerprint density at radius 2 is 1.80 bits per heavy atom. The van der Waals surface area contributed by atoms with Crippen molar-refractivity contribution in [2.75, 3.05) is 6.54 Å². The molecule has 0 fully saturated rings. The lowest BCUT2D eigenvalue weighted by Crippen LogP contribution is -2.36. The van der Waals surface area contributed by atoms with Crippen molar-refractivity contribution in [3.05, 3.63) is 57.8 Å². The molecule has 1 aromatic heterocycles. The molecule has 1 aromatic carbocycles. The van der Waals surface area contributed by atoms with Gasteiger partial charge in [-0.3, -0.25) is 0 Å². The van der Waals surface area contributed by atoms with Gasteiger partial charge in [-0.05, 0) is 54.3 Å². The van der Waals surface area contributed by atoms with Crippen LogP contribution in [0.25, 0.3) is 0 Å². The lowest BCUT2D eigenvalue weighted by atomic mass is 10.1. The van der Waals surface area contributed by atoms with Crippen molar-refractivity contribution >= 4 is 41.3 Å². The van der Waals surface area contributed by atoms with Gasteiger partial charge in [-0.25, -0.2) is 4.99 Å². The largest absolute Gasteiger partial charge is 0.374 e. The number of hydrogen-bond acceptors (Lipinski definition) is 3. The Kier molecular flexibility index (Phi) is 10.8. The molecule has 0 radical (unpaired) electrons. The molecule has 0 saturated heterocycles. The van der Waals surface area contributed by atoms with Gasteiger partial charge in [0.2, 0.25) is 0 Å². The third-order valence-electron chi connectivity index (χ3n) is 3.41. The van der Waals surface area contributed by atoms with Gasteiger partial charge in [-0.1, -0.05) is 24.3 Å². The predicted molar refractivity (Wildman–Crippen MR) is 118 cm³/mol. The molecule has 0 unspecified atom stereocenters. The lowest BCUT2D eigenvalue weighted by Gasteiger charge is -2.12. The SMILES string of the molecule is CCNC(=NCc1ccsc1)NCc1ccc(COC(C)C)cc1.I. The highest BCUT2D eigenvalue weighted by Gasteiger charge is 2.00. The van der Waals surface area contributed by atoms with Gasteiger partial charge >= 0.3 is 0 Å². The molecule has 0 saturated carbocycles. The zero-order valence-electron chi connectivity index (χ0n) is 15.1. The first kappa shape index (κ1) is 21.9. The number of nitrogens with zero attached hydrogens (tertiary/aromatic N) is 1. The molecular weight excluding hydrogens is 445 g/mol. The average molecular weight is 473 g/mol. The Balaban J connectivity index is 0.00000312. The van der Waals surface area contributed by atoms with E-state index in [1.54, 1.807) is 11.3 Å². The topological polar surface area (TPSA) is 45.7 Å². The zero-order chi connectivity index (χ0) is 17.2. The van der Waals surface area contributed by atoms with Gasteiger partial charge < -0.3 is 15.4 Å². The van der Waals surface area contributed by atoms with Crippen LogP contribution in [0.5, 0.6) is 0 Å². The first-order chi connectivity index (χ1) is 11.7. The minimum absolute atomic E-state index is 0. The number of halogens is 1. The van der Waals surface area contributed by atoms with E-state index < -0.39 is 0 Å². The molecule has 2 N–H and O–H groups in total. The van der Waals surface area contributed by atoms with E-state index >= 15 is 0 Å². The Labute approximate surface area is 172 Å². The van der Waals surface area contributed by atoms with E-state index in [0.717, 1.165) is 19.0 Å². The van der Waals surface area contributed by atoms with Gasteiger partial charge in [0.05, 0.1) is 19.3 Å². The number of nitrogens with one attached hydrogen (secondary N) is 2. The Morgan fingerprint density at radius 1 is 1.08 bits per heavy atom. The summed E-state index contributed by atoms with van der Waals surface area (Å²) < 4.78 is 5.62. The van der Waals surface area contributed by atoms with Crippen molar-refractivity contribution in [3.63, 3.8) is 0 Å². The number of rotatable bonds is 8. The molecule has 1 heterocycles. The highest BCUT2D eigenvalue weighted by molar-refractivity contribution is 14.0. The van der Waals surface area contributed by atoms with Crippen LogP contribution in [0.2, 0.25) is 0 Å². The summed E-state index contributed by atoms with van der Waals surface area (Å²) in [4.78, 5) is 4.62. The van der Waals surface area contributed by atoms with Crippen molar-refractivity contribution < 1.29 is 4.74 Å². The van der Waals surface area contributed by atoms with Crippen LogP contribution < -0.4 is 10.6 Å². The smallest absolute Gasteiger partial charge is 0.191 e. The van der Waals surface area contributed by atoms with E-state index in [9.17, 15) is 0 Å². The van der Waals surface area contributed by atoms with Crippen molar-refractivity contribution in [3.8, 4) is 0 Å². The minimum Gasteiger partial charge on any atom is -0.374 e. The summed E-state index contributed by atoms with van der Waals surface area (Å²) in [6, 6.07) is 10.6. The Bertz CT molecular complexity index is 612. The molecule has 2 rings (SSSR count). The number of hydrogen-bond donors (Lipinski definition) is 2. The van der Waals surface area contributed by atoms with Crippen LogP contribution in [0.3, 0.4) is 0 Å². The van der Waals surface area contributed by atoms with Crippen LogP contribution in [0.4, 0.5) is 0 Å². The fourth-order valence-electron chi connectivity index (χ4n) is 2.10. The van der Waals surface area contributed by atoms with Crippen molar-refractivity contribution in [2.45, 2.75) is 46.6 Å². The fourth-order valence-corrected chi connectivity index (χ4v) is 2.76. The molecule has 0 amide bonds. The standard InChI is InChI=1S/C19H27N3OS.HI/c1-4-20-19(22-12-18-9-10-24-14-18)21-11-16-5-7-17(8-6-16)13-23-15(2)3;/h5-10,14-15H,4,11-13H2,1-3H3,(H2,20,21,22);1H. The molecule has 0 atom stereocenters. The van der Waals surface area contributed by atoms with Crippen molar-refractivity contribution in [2.24, 2.45) is 4.99 Å². The highest BCUT2D eigenvalue weighted by Crippen LogP contribution is 2.08. The van der Waals surface area contributed by atoms with Crippen LogP contribution >= 0.6 is 35.3 Å². The predicted octanol–water partition coefficient (Wildman–Crippen LogP) is 4.55. The molecule has 25 heavy (non-hydrogen) atoms. The second-order valence-electron chi connectivity index (χ2n) is 5.86. The molecular formula is C19H28IN3OS. The normalized spacial score (nSPS) is 11.3. The summed E-state index contributed by atoms with van der Waals surface area (Å²) in [5, 5.41) is 10.9. The minimum atomic E-state index is 0. The summed E-state index contributed by atoms with van der Waals surface area (Å²) in [5.74, 6) is 0.843. The number of guanidine groups is 1.